The fourth-order valence-corrected chi connectivity index (χ4v) is 4.22. The van der Waals surface area contributed by atoms with Crippen LogP contribution in [0.15, 0.2) is 28.3 Å². The van der Waals surface area contributed by atoms with Gasteiger partial charge in [-0.1, -0.05) is 6.92 Å². The smallest absolute Gasteiger partial charge is 0.257 e. The zero-order valence-corrected chi connectivity index (χ0v) is 13.6. The van der Waals surface area contributed by atoms with Crippen molar-refractivity contribution in [2.45, 2.75) is 38.6 Å². The highest BCUT2D eigenvalue weighted by molar-refractivity contribution is 7.90. The number of likely N-dealkylation sites (tertiary alicyclic amines) is 1. The van der Waals surface area contributed by atoms with Gasteiger partial charge >= 0.3 is 0 Å². The monoisotopic (exact) mass is 323 g/mol. The Balaban J connectivity index is 1.92. The van der Waals surface area contributed by atoms with Gasteiger partial charge in [0.2, 0.25) is 0 Å². The Labute approximate surface area is 131 Å². The molecule has 0 bridgehead atoms. The lowest BCUT2D eigenvalue weighted by Gasteiger charge is -2.37. The van der Waals surface area contributed by atoms with Gasteiger partial charge in [0.1, 0.15) is 0 Å². The van der Waals surface area contributed by atoms with E-state index in [-0.39, 0.29) is 23.5 Å². The molecule has 0 aliphatic carbocycles. The summed E-state index contributed by atoms with van der Waals surface area (Å²) < 4.78 is 27.4. The minimum atomic E-state index is -3.47. The molecule has 3 aliphatic heterocycles. The first kappa shape index (κ1) is 15.3. The van der Waals surface area contributed by atoms with E-state index in [9.17, 15) is 13.2 Å². The number of allylic oxidation sites excluding steroid dienone is 2. The Bertz CT molecular complexity index is 664. The summed E-state index contributed by atoms with van der Waals surface area (Å²) in [6, 6.07) is 0.238. The lowest BCUT2D eigenvalue weighted by molar-refractivity contribution is -0.130. The van der Waals surface area contributed by atoms with Crippen LogP contribution in [0.3, 0.4) is 0 Å². The second-order valence-electron chi connectivity index (χ2n) is 5.87. The Morgan fingerprint density at radius 3 is 2.95 bits per heavy atom. The van der Waals surface area contributed by atoms with E-state index in [0.717, 1.165) is 32.2 Å². The molecule has 7 heteroatoms. The summed E-state index contributed by atoms with van der Waals surface area (Å²) in [5, 5.41) is 0. The van der Waals surface area contributed by atoms with Gasteiger partial charge in [0.15, 0.2) is 5.84 Å². The molecule has 0 aromatic heterocycles. The van der Waals surface area contributed by atoms with E-state index in [1.807, 2.05) is 4.90 Å². The maximum absolute atomic E-state index is 12.9. The van der Waals surface area contributed by atoms with E-state index in [1.54, 1.807) is 23.3 Å². The van der Waals surface area contributed by atoms with Crippen LogP contribution in [0.25, 0.3) is 0 Å². The van der Waals surface area contributed by atoms with Gasteiger partial charge in [-0.3, -0.25) is 4.79 Å². The first-order valence-corrected chi connectivity index (χ1v) is 9.42. The summed E-state index contributed by atoms with van der Waals surface area (Å²) in [5.41, 5.74) is 0.395. The lowest BCUT2D eigenvalue weighted by Crippen LogP contribution is -2.48. The van der Waals surface area contributed by atoms with Crippen molar-refractivity contribution in [2.75, 3.05) is 18.8 Å². The van der Waals surface area contributed by atoms with E-state index in [1.165, 1.54) is 0 Å². The molecule has 0 N–H and O–H groups in total. The maximum atomic E-state index is 12.9. The van der Waals surface area contributed by atoms with Crippen molar-refractivity contribution in [3.8, 4) is 0 Å². The van der Waals surface area contributed by atoms with Gasteiger partial charge in [-0.25, -0.2) is 8.42 Å². The van der Waals surface area contributed by atoms with Crippen LogP contribution in [0.5, 0.6) is 0 Å². The van der Waals surface area contributed by atoms with Gasteiger partial charge in [0.05, 0.1) is 11.3 Å². The van der Waals surface area contributed by atoms with Crippen LogP contribution in [0.4, 0.5) is 0 Å². The average Bonchev–Trinajstić information content (AvgIpc) is 2.52. The fraction of sp³-hybridized carbons (Fsp3) is 0.600. The van der Waals surface area contributed by atoms with Crippen molar-refractivity contribution in [2.24, 2.45) is 4.40 Å². The Hall–Kier alpha value is -1.63. The number of rotatable bonds is 2. The first-order valence-electron chi connectivity index (χ1n) is 7.81. The van der Waals surface area contributed by atoms with Crippen LogP contribution in [0.1, 0.15) is 32.6 Å². The lowest BCUT2D eigenvalue weighted by atomic mass is 9.98. The molecule has 120 valence electrons. The van der Waals surface area contributed by atoms with E-state index in [2.05, 4.69) is 11.3 Å². The van der Waals surface area contributed by atoms with Crippen LogP contribution >= 0.6 is 0 Å². The second-order valence-corrected chi connectivity index (χ2v) is 7.63. The van der Waals surface area contributed by atoms with E-state index in [0.29, 0.717) is 12.1 Å². The number of piperidine rings is 1. The van der Waals surface area contributed by atoms with Gasteiger partial charge in [-0.05, 0) is 37.8 Å². The summed E-state index contributed by atoms with van der Waals surface area (Å²) in [4.78, 5) is 16.5. The van der Waals surface area contributed by atoms with Crippen LogP contribution < -0.4 is 0 Å². The second kappa shape index (κ2) is 5.87. The molecule has 3 rings (SSSR count). The van der Waals surface area contributed by atoms with Gasteiger partial charge in [0.25, 0.3) is 15.9 Å². The number of carbonyl (C=O) groups is 1. The molecule has 1 atom stereocenters. The van der Waals surface area contributed by atoms with Crippen LogP contribution in [-0.2, 0) is 14.8 Å². The minimum absolute atomic E-state index is 0.0103. The molecule has 22 heavy (non-hydrogen) atoms. The van der Waals surface area contributed by atoms with Crippen molar-refractivity contribution in [3.05, 3.63) is 23.9 Å². The number of nitrogens with zero attached hydrogens (tertiary/aromatic N) is 3. The number of sulfonamides is 1. The minimum Gasteiger partial charge on any atom is -0.336 e. The third kappa shape index (κ3) is 2.82. The summed E-state index contributed by atoms with van der Waals surface area (Å²) in [5.74, 6) is 0.166. The zero-order chi connectivity index (χ0) is 15.7. The molecular weight excluding hydrogens is 302 g/mol. The number of hydrogen-bond acceptors (Lipinski definition) is 4. The average molecular weight is 323 g/mol. The highest BCUT2D eigenvalue weighted by Gasteiger charge is 2.34. The molecule has 3 heterocycles. The summed E-state index contributed by atoms with van der Waals surface area (Å²) >= 11 is 0. The standard InChI is InChI=1S/C15H21N3O3S/c1-2-12-6-3-4-9-18(12)15(19)13-7-5-8-17-10-11-22(20,21)16-14(13)17/h5,7-8,12H,2-4,6,9-11H2,1H3. The largest absolute Gasteiger partial charge is 0.336 e. The van der Waals surface area contributed by atoms with Gasteiger partial charge in [-0.2, -0.15) is 0 Å². The van der Waals surface area contributed by atoms with Crippen LogP contribution in [0, 0.1) is 0 Å². The molecular formula is C15H21N3O3S. The van der Waals surface area contributed by atoms with Crippen molar-refractivity contribution >= 4 is 21.8 Å². The van der Waals surface area contributed by atoms with Gasteiger partial charge < -0.3 is 9.80 Å². The fourth-order valence-electron chi connectivity index (χ4n) is 3.23. The normalized spacial score (nSPS) is 27.0. The number of amides is 1. The predicted molar refractivity (Wildman–Crippen MR) is 84.8 cm³/mol. The molecule has 0 saturated carbocycles. The molecule has 1 fully saturated rings. The van der Waals surface area contributed by atoms with Gasteiger partial charge in [0, 0.05) is 25.3 Å². The summed E-state index contributed by atoms with van der Waals surface area (Å²) in [6.45, 7) is 3.16. The third-order valence-corrected chi connectivity index (χ3v) is 5.60. The molecule has 0 aromatic carbocycles. The zero-order valence-electron chi connectivity index (χ0n) is 12.7. The van der Waals surface area contributed by atoms with Crippen LogP contribution in [0.2, 0.25) is 0 Å². The predicted octanol–water partition coefficient (Wildman–Crippen LogP) is 1.28. The number of fused-ring (bicyclic) bond motifs is 1. The molecule has 1 unspecified atom stereocenters. The van der Waals surface area contributed by atoms with E-state index in [4.69, 9.17) is 0 Å². The SMILES string of the molecule is CCC1CCCCN1C(=O)C1=CC=CN2CCS(=O)(=O)N=C12. The Morgan fingerprint density at radius 2 is 2.18 bits per heavy atom. The van der Waals surface area contributed by atoms with Crippen LogP contribution in [-0.4, -0.2) is 54.8 Å². The quantitative estimate of drug-likeness (QED) is 0.767. The highest BCUT2D eigenvalue weighted by Crippen LogP contribution is 2.25. The van der Waals surface area contributed by atoms with Crippen molar-refractivity contribution in [1.29, 1.82) is 0 Å². The third-order valence-electron chi connectivity index (χ3n) is 4.45. The van der Waals surface area contributed by atoms with Crippen molar-refractivity contribution in [1.82, 2.24) is 9.80 Å². The van der Waals surface area contributed by atoms with E-state index < -0.39 is 10.0 Å². The molecule has 0 radical (unpaired) electrons. The van der Waals surface area contributed by atoms with Crippen molar-refractivity contribution in [3.63, 3.8) is 0 Å². The highest BCUT2D eigenvalue weighted by atomic mass is 32.2. The Kier molecular flexibility index (Phi) is 4.08. The molecule has 3 aliphatic rings. The Morgan fingerprint density at radius 1 is 1.36 bits per heavy atom. The van der Waals surface area contributed by atoms with E-state index >= 15 is 0 Å². The molecule has 1 amide bonds. The van der Waals surface area contributed by atoms with Gasteiger partial charge in [-0.15, -0.1) is 4.40 Å². The topological polar surface area (TPSA) is 70.1 Å². The van der Waals surface area contributed by atoms with Crippen molar-refractivity contribution < 1.29 is 13.2 Å². The summed E-state index contributed by atoms with van der Waals surface area (Å²) in [7, 11) is -3.47. The first-order chi connectivity index (χ1) is 10.5. The number of carbonyl (C=O) groups excluding carboxylic acids is 1. The maximum Gasteiger partial charge on any atom is 0.257 e. The number of amidine groups is 1. The summed E-state index contributed by atoms with van der Waals surface area (Å²) in [6.07, 6.45) is 9.32. The number of hydrogen-bond donors (Lipinski definition) is 0. The molecule has 1 saturated heterocycles. The molecule has 0 aromatic rings. The molecule has 0 spiro atoms. The molecule has 6 nitrogen and oxygen atoms in total.